The van der Waals surface area contributed by atoms with E-state index in [1.165, 1.54) is 4.68 Å². The van der Waals surface area contributed by atoms with Crippen LogP contribution >= 0.6 is 23.2 Å². The van der Waals surface area contributed by atoms with Crippen LogP contribution in [-0.2, 0) is 17.9 Å². The van der Waals surface area contributed by atoms with E-state index >= 15 is 0 Å². The van der Waals surface area contributed by atoms with E-state index in [2.05, 4.69) is 10.00 Å². The van der Waals surface area contributed by atoms with Crippen molar-refractivity contribution in [2.45, 2.75) is 31.8 Å². The number of hydrogen-bond donors (Lipinski definition) is 1. The number of carboxylic acid groups (broad SMARTS) is 1. The van der Waals surface area contributed by atoms with E-state index in [-0.39, 0.29) is 6.54 Å². The highest BCUT2D eigenvalue weighted by molar-refractivity contribution is 6.42. The van der Waals surface area contributed by atoms with Crippen LogP contribution in [0, 0.1) is 0 Å². The lowest BCUT2D eigenvalue weighted by molar-refractivity contribution is -0.137. The Morgan fingerprint density at radius 2 is 2.12 bits per heavy atom. The van der Waals surface area contributed by atoms with Gasteiger partial charge in [-0.25, -0.2) is 0 Å². The summed E-state index contributed by atoms with van der Waals surface area (Å²) in [6.45, 7) is 2.67. The van der Waals surface area contributed by atoms with Crippen molar-refractivity contribution in [1.29, 1.82) is 0 Å². The molecule has 24 heavy (non-hydrogen) atoms. The number of carbonyl (C=O) groups is 1. The normalized spacial score (nSPS) is 18.7. The van der Waals surface area contributed by atoms with Crippen LogP contribution in [0.4, 0.5) is 0 Å². The molecule has 0 saturated carbocycles. The Labute approximate surface area is 150 Å². The van der Waals surface area contributed by atoms with Crippen LogP contribution in [0.15, 0.2) is 30.5 Å². The lowest BCUT2D eigenvalue weighted by atomic mass is 9.94. The average Bonchev–Trinajstić information content (AvgIpc) is 2.99. The van der Waals surface area contributed by atoms with Crippen molar-refractivity contribution in [1.82, 2.24) is 14.7 Å². The van der Waals surface area contributed by atoms with Gasteiger partial charge in [0.1, 0.15) is 6.54 Å². The summed E-state index contributed by atoms with van der Waals surface area (Å²) in [5.74, 6) is -0.550. The van der Waals surface area contributed by atoms with Gasteiger partial charge in [-0.15, -0.1) is 0 Å². The van der Waals surface area contributed by atoms with E-state index < -0.39 is 5.97 Å². The number of likely N-dealkylation sites (tertiary alicyclic amines) is 1. The summed E-state index contributed by atoms with van der Waals surface area (Å²) >= 11 is 12.1. The first-order chi connectivity index (χ1) is 11.5. The number of hydrogen-bond acceptors (Lipinski definition) is 3. The molecule has 0 spiro atoms. The van der Waals surface area contributed by atoms with Gasteiger partial charge in [0.2, 0.25) is 0 Å². The van der Waals surface area contributed by atoms with Crippen molar-refractivity contribution >= 4 is 29.2 Å². The van der Waals surface area contributed by atoms with E-state index in [4.69, 9.17) is 28.3 Å². The zero-order chi connectivity index (χ0) is 17.1. The highest BCUT2D eigenvalue weighted by Crippen LogP contribution is 2.28. The van der Waals surface area contributed by atoms with Crippen LogP contribution < -0.4 is 0 Å². The maximum absolute atomic E-state index is 10.8. The number of benzene rings is 1. The minimum Gasteiger partial charge on any atom is -0.480 e. The highest BCUT2D eigenvalue weighted by atomic mass is 35.5. The number of piperidine rings is 1. The monoisotopic (exact) mass is 367 g/mol. The van der Waals surface area contributed by atoms with Gasteiger partial charge in [0.25, 0.3) is 0 Å². The molecule has 1 fully saturated rings. The maximum Gasteiger partial charge on any atom is 0.325 e. The molecule has 1 saturated heterocycles. The molecule has 7 heteroatoms. The van der Waals surface area contributed by atoms with Gasteiger partial charge in [-0.1, -0.05) is 29.3 Å². The zero-order valence-corrected chi connectivity index (χ0v) is 14.7. The number of aliphatic carboxylic acids is 1. The second kappa shape index (κ2) is 7.55. The molecule has 0 unspecified atom stereocenters. The van der Waals surface area contributed by atoms with E-state index in [9.17, 15) is 4.79 Å². The second-order valence-electron chi connectivity index (χ2n) is 6.15. The summed E-state index contributed by atoms with van der Waals surface area (Å²) in [6.07, 6.45) is 3.90. The van der Waals surface area contributed by atoms with Gasteiger partial charge in [-0.2, -0.15) is 5.10 Å². The third-order valence-corrected chi connectivity index (χ3v) is 5.01. The maximum atomic E-state index is 10.8. The Morgan fingerprint density at radius 3 is 2.88 bits per heavy atom. The SMILES string of the molecule is O=C(O)Cn1ccc([C@@H]2CCCN(Cc3ccc(Cl)c(Cl)c3)C2)n1. The molecule has 2 heterocycles. The molecular weight excluding hydrogens is 349 g/mol. The third kappa shape index (κ3) is 4.29. The van der Waals surface area contributed by atoms with E-state index in [0.29, 0.717) is 16.0 Å². The Kier molecular flexibility index (Phi) is 5.43. The van der Waals surface area contributed by atoms with Gasteiger partial charge >= 0.3 is 5.97 Å². The summed E-state index contributed by atoms with van der Waals surface area (Å²) < 4.78 is 1.48. The van der Waals surface area contributed by atoms with Gasteiger partial charge in [0.05, 0.1) is 15.7 Å². The molecule has 0 aliphatic carbocycles. The van der Waals surface area contributed by atoms with Crippen molar-refractivity contribution in [2.75, 3.05) is 13.1 Å². The van der Waals surface area contributed by atoms with Crippen molar-refractivity contribution in [3.8, 4) is 0 Å². The smallest absolute Gasteiger partial charge is 0.325 e. The van der Waals surface area contributed by atoms with Gasteiger partial charge in [-0.3, -0.25) is 14.4 Å². The fourth-order valence-corrected chi connectivity index (χ4v) is 3.48. The van der Waals surface area contributed by atoms with Crippen LogP contribution in [0.1, 0.15) is 30.0 Å². The van der Waals surface area contributed by atoms with Crippen LogP contribution in [-0.4, -0.2) is 38.8 Å². The van der Waals surface area contributed by atoms with Crippen molar-refractivity contribution < 1.29 is 9.90 Å². The molecule has 0 radical (unpaired) electrons. The Hall–Kier alpha value is -1.56. The van der Waals surface area contributed by atoms with Gasteiger partial charge < -0.3 is 5.11 Å². The van der Waals surface area contributed by atoms with Gasteiger partial charge in [0, 0.05) is 25.2 Å². The largest absolute Gasteiger partial charge is 0.480 e. The summed E-state index contributed by atoms with van der Waals surface area (Å²) in [6, 6.07) is 7.67. The molecule has 1 atom stereocenters. The Balaban J connectivity index is 1.64. The number of halogens is 2. The van der Waals surface area contributed by atoms with Gasteiger partial charge in [-0.05, 0) is 43.1 Å². The highest BCUT2D eigenvalue weighted by Gasteiger charge is 2.23. The number of rotatable bonds is 5. The topological polar surface area (TPSA) is 58.4 Å². The van der Waals surface area contributed by atoms with Crippen molar-refractivity contribution in [3.63, 3.8) is 0 Å². The average molecular weight is 368 g/mol. The van der Waals surface area contributed by atoms with E-state index in [1.807, 2.05) is 24.3 Å². The first kappa shape index (κ1) is 17.3. The molecule has 1 aromatic heterocycles. The summed E-state index contributed by atoms with van der Waals surface area (Å²) in [7, 11) is 0. The quantitative estimate of drug-likeness (QED) is 0.875. The third-order valence-electron chi connectivity index (χ3n) is 4.27. The molecule has 0 amide bonds. The second-order valence-corrected chi connectivity index (χ2v) is 6.97. The standard InChI is InChI=1S/C17H19Cl2N3O2/c18-14-4-3-12(8-15(14)19)9-21-6-1-2-13(10-21)16-5-7-22(20-16)11-17(23)24/h3-5,7-8,13H,1-2,6,9-11H2,(H,23,24)/t13-/m1/s1. The van der Waals surface area contributed by atoms with Gasteiger partial charge in [0.15, 0.2) is 0 Å². The van der Waals surface area contributed by atoms with Crippen LogP contribution in [0.2, 0.25) is 10.0 Å². The molecule has 128 valence electrons. The minimum atomic E-state index is -0.880. The predicted molar refractivity (Wildman–Crippen MR) is 93.6 cm³/mol. The zero-order valence-electron chi connectivity index (χ0n) is 13.2. The van der Waals surface area contributed by atoms with Crippen molar-refractivity contribution in [3.05, 3.63) is 51.8 Å². The van der Waals surface area contributed by atoms with Crippen LogP contribution in [0.3, 0.4) is 0 Å². The molecular formula is C17H19Cl2N3O2. The Morgan fingerprint density at radius 1 is 1.29 bits per heavy atom. The fourth-order valence-electron chi connectivity index (χ4n) is 3.16. The first-order valence-electron chi connectivity index (χ1n) is 7.92. The number of nitrogens with zero attached hydrogens (tertiary/aromatic N) is 3. The predicted octanol–water partition coefficient (Wildman–Crippen LogP) is 3.65. The number of carboxylic acids is 1. The van der Waals surface area contributed by atoms with Crippen molar-refractivity contribution in [2.24, 2.45) is 0 Å². The molecule has 0 bridgehead atoms. The van der Waals surface area contributed by atoms with Crippen LogP contribution in [0.5, 0.6) is 0 Å². The lowest BCUT2D eigenvalue weighted by Crippen LogP contribution is -2.34. The molecule has 1 aliphatic heterocycles. The summed E-state index contributed by atoms with van der Waals surface area (Å²) in [5, 5.41) is 14.4. The molecule has 1 N–H and O–H groups in total. The Bertz CT molecular complexity index is 732. The molecule has 3 rings (SSSR count). The number of aromatic nitrogens is 2. The summed E-state index contributed by atoms with van der Waals surface area (Å²) in [4.78, 5) is 13.2. The lowest BCUT2D eigenvalue weighted by Gasteiger charge is -2.32. The molecule has 1 aromatic carbocycles. The van der Waals surface area contributed by atoms with E-state index in [1.54, 1.807) is 6.20 Å². The molecule has 1 aliphatic rings. The molecule has 2 aromatic rings. The minimum absolute atomic E-state index is 0.0975. The summed E-state index contributed by atoms with van der Waals surface area (Å²) in [5.41, 5.74) is 2.11. The first-order valence-corrected chi connectivity index (χ1v) is 8.68. The van der Waals surface area contributed by atoms with E-state index in [0.717, 1.165) is 43.7 Å². The van der Waals surface area contributed by atoms with Crippen LogP contribution in [0.25, 0.3) is 0 Å². The fraction of sp³-hybridized carbons (Fsp3) is 0.412. The molecule has 5 nitrogen and oxygen atoms in total.